The first-order chi connectivity index (χ1) is 7.42. The molecule has 1 amide bonds. The molecule has 94 valence electrons. The average molecular weight is 229 g/mol. The van der Waals surface area contributed by atoms with E-state index in [4.69, 9.17) is 9.84 Å². The molecule has 0 spiro atoms. The molecule has 2 N–H and O–H groups in total. The molecule has 0 bridgehead atoms. The second-order valence-corrected chi connectivity index (χ2v) is 5.52. The van der Waals surface area contributed by atoms with E-state index in [1.807, 2.05) is 20.8 Å². The summed E-state index contributed by atoms with van der Waals surface area (Å²) in [5.41, 5.74) is -0.448. The van der Waals surface area contributed by atoms with Gasteiger partial charge in [0.1, 0.15) is 5.60 Å². The van der Waals surface area contributed by atoms with E-state index >= 15 is 0 Å². The minimum atomic E-state index is -0.448. The molecule has 0 aliphatic heterocycles. The fourth-order valence-electron chi connectivity index (χ4n) is 2.15. The number of carbonyl (C=O) groups is 1. The van der Waals surface area contributed by atoms with E-state index in [2.05, 4.69) is 5.32 Å². The van der Waals surface area contributed by atoms with Crippen molar-refractivity contribution in [1.29, 1.82) is 0 Å². The van der Waals surface area contributed by atoms with Gasteiger partial charge in [0.05, 0.1) is 0 Å². The molecule has 0 aromatic heterocycles. The molecule has 1 rings (SSSR count). The second kappa shape index (κ2) is 5.53. The van der Waals surface area contributed by atoms with E-state index in [0.29, 0.717) is 18.4 Å². The quantitative estimate of drug-likeness (QED) is 0.777. The molecule has 0 aromatic rings. The Balaban J connectivity index is 2.26. The summed E-state index contributed by atoms with van der Waals surface area (Å²) in [6.45, 7) is 6.37. The monoisotopic (exact) mass is 229 g/mol. The number of aliphatic hydroxyl groups is 1. The van der Waals surface area contributed by atoms with Gasteiger partial charge in [-0.15, -0.1) is 0 Å². The number of amides is 1. The second-order valence-electron chi connectivity index (χ2n) is 5.52. The number of alkyl carbamates (subject to hydrolysis) is 1. The third-order valence-electron chi connectivity index (χ3n) is 2.96. The Kier molecular flexibility index (Phi) is 4.59. The van der Waals surface area contributed by atoms with Gasteiger partial charge in [0.25, 0.3) is 0 Å². The Bertz CT molecular complexity index is 235. The number of ether oxygens (including phenoxy) is 1. The van der Waals surface area contributed by atoms with Crippen LogP contribution < -0.4 is 5.32 Å². The van der Waals surface area contributed by atoms with Crippen LogP contribution in [0.2, 0.25) is 0 Å². The van der Waals surface area contributed by atoms with E-state index < -0.39 is 5.60 Å². The normalized spacial score (nSPS) is 25.5. The van der Waals surface area contributed by atoms with Crippen molar-refractivity contribution in [2.24, 2.45) is 11.8 Å². The maximum atomic E-state index is 11.4. The number of nitrogens with one attached hydrogen (secondary N) is 1. The van der Waals surface area contributed by atoms with Gasteiger partial charge < -0.3 is 15.2 Å². The topological polar surface area (TPSA) is 58.6 Å². The van der Waals surface area contributed by atoms with Crippen LogP contribution in [0, 0.1) is 11.8 Å². The summed E-state index contributed by atoms with van der Waals surface area (Å²) in [5.74, 6) is 0.743. The number of rotatable bonds is 3. The molecule has 1 aliphatic carbocycles. The van der Waals surface area contributed by atoms with Crippen LogP contribution in [0.25, 0.3) is 0 Å². The van der Waals surface area contributed by atoms with Gasteiger partial charge in [-0.25, -0.2) is 4.79 Å². The van der Waals surface area contributed by atoms with E-state index in [1.54, 1.807) is 0 Å². The summed E-state index contributed by atoms with van der Waals surface area (Å²) in [4.78, 5) is 11.4. The maximum Gasteiger partial charge on any atom is 0.407 e. The number of hydrogen-bond acceptors (Lipinski definition) is 3. The van der Waals surface area contributed by atoms with Gasteiger partial charge in [0, 0.05) is 13.2 Å². The van der Waals surface area contributed by atoms with Gasteiger partial charge in [-0.3, -0.25) is 0 Å². The largest absolute Gasteiger partial charge is 0.444 e. The summed E-state index contributed by atoms with van der Waals surface area (Å²) < 4.78 is 5.15. The highest BCUT2D eigenvalue weighted by Crippen LogP contribution is 2.30. The SMILES string of the molecule is CC(C)(C)OC(=O)NC[C@H]1CCC[C@H]1CO. The zero-order chi connectivity index (χ0) is 12.2. The Morgan fingerprint density at radius 2 is 2.00 bits per heavy atom. The van der Waals surface area contributed by atoms with Crippen LogP contribution in [0.3, 0.4) is 0 Å². The zero-order valence-corrected chi connectivity index (χ0v) is 10.5. The Labute approximate surface area is 97.4 Å². The van der Waals surface area contributed by atoms with Crippen LogP contribution >= 0.6 is 0 Å². The van der Waals surface area contributed by atoms with Crippen LogP contribution in [0.4, 0.5) is 4.79 Å². The first-order valence-electron chi connectivity index (χ1n) is 6.00. The van der Waals surface area contributed by atoms with Crippen molar-refractivity contribution < 1.29 is 14.6 Å². The predicted octanol–water partition coefficient (Wildman–Crippen LogP) is 1.92. The van der Waals surface area contributed by atoms with Gasteiger partial charge in [-0.05, 0) is 45.4 Å². The molecule has 4 heteroatoms. The standard InChI is InChI=1S/C12H23NO3/c1-12(2,3)16-11(15)13-7-9-5-4-6-10(9)8-14/h9-10,14H,4-8H2,1-3H3,(H,13,15)/t9-,10+/m1/s1. The van der Waals surface area contributed by atoms with Crippen molar-refractivity contribution in [3.8, 4) is 0 Å². The Morgan fingerprint density at radius 1 is 1.38 bits per heavy atom. The Hall–Kier alpha value is -0.770. The molecule has 0 saturated heterocycles. The van der Waals surface area contributed by atoms with E-state index in [9.17, 15) is 4.79 Å². The van der Waals surface area contributed by atoms with E-state index in [0.717, 1.165) is 19.3 Å². The third kappa shape index (κ3) is 4.39. The molecule has 1 fully saturated rings. The highest BCUT2D eigenvalue weighted by atomic mass is 16.6. The Morgan fingerprint density at radius 3 is 2.56 bits per heavy atom. The third-order valence-corrected chi connectivity index (χ3v) is 2.96. The van der Waals surface area contributed by atoms with Crippen molar-refractivity contribution in [3.05, 3.63) is 0 Å². The molecule has 4 nitrogen and oxygen atoms in total. The summed E-state index contributed by atoms with van der Waals surface area (Å²) >= 11 is 0. The molecule has 1 aliphatic rings. The lowest BCUT2D eigenvalue weighted by molar-refractivity contribution is 0.0511. The van der Waals surface area contributed by atoms with Crippen LogP contribution in [0.1, 0.15) is 40.0 Å². The van der Waals surface area contributed by atoms with Gasteiger partial charge in [0.15, 0.2) is 0 Å². The predicted molar refractivity (Wildman–Crippen MR) is 62.2 cm³/mol. The molecule has 1 saturated carbocycles. The molecule has 0 unspecified atom stereocenters. The smallest absolute Gasteiger partial charge is 0.407 e. The van der Waals surface area contributed by atoms with Gasteiger partial charge >= 0.3 is 6.09 Å². The van der Waals surface area contributed by atoms with E-state index in [-0.39, 0.29) is 12.7 Å². The van der Waals surface area contributed by atoms with Crippen LogP contribution in [0.15, 0.2) is 0 Å². The summed E-state index contributed by atoms with van der Waals surface area (Å²) in [5, 5.41) is 11.9. The lowest BCUT2D eigenvalue weighted by atomic mass is 9.97. The molecule has 0 aromatic carbocycles. The highest BCUT2D eigenvalue weighted by Gasteiger charge is 2.27. The average Bonchev–Trinajstić information content (AvgIpc) is 2.59. The lowest BCUT2D eigenvalue weighted by Crippen LogP contribution is -2.36. The van der Waals surface area contributed by atoms with Crippen molar-refractivity contribution in [1.82, 2.24) is 5.32 Å². The van der Waals surface area contributed by atoms with Gasteiger partial charge in [0.2, 0.25) is 0 Å². The van der Waals surface area contributed by atoms with Gasteiger partial charge in [-0.1, -0.05) is 6.42 Å². The molecule has 0 radical (unpaired) electrons. The van der Waals surface area contributed by atoms with Crippen molar-refractivity contribution in [2.45, 2.75) is 45.6 Å². The minimum Gasteiger partial charge on any atom is -0.444 e. The minimum absolute atomic E-state index is 0.223. The lowest BCUT2D eigenvalue weighted by Gasteiger charge is -2.22. The fraction of sp³-hybridized carbons (Fsp3) is 0.917. The molecule has 0 heterocycles. The summed E-state index contributed by atoms with van der Waals surface area (Å²) in [7, 11) is 0. The number of hydrogen-bond donors (Lipinski definition) is 2. The fourth-order valence-corrected chi connectivity index (χ4v) is 2.15. The molecular weight excluding hydrogens is 206 g/mol. The van der Waals surface area contributed by atoms with Crippen LogP contribution in [0.5, 0.6) is 0 Å². The van der Waals surface area contributed by atoms with Gasteiger partial charge in [-0.2, -0.15) is 0 Å². The number of aliphatic hydroxyl groups excluding tert-OH is 1. The molecule has 2 atom stereocenters. The van der Waals surface area contributed by atoms with Crippen molar-refractivity contribution >= 4 is 6.09 Å². The molecular formula is C12H23NO3. The van der Waals surface area contributed by atoms with Crippen LogP contribution in [-0.4, -0.2) is 30.0 Å². The maximum absolute atomic E-state index is 11.4. The van der Waals surface area contributed by atoms with Crippen molar-refractivity contribution in [3.63, 3.8) is 0 Å². The summed E-state index contributed by atoms with van der Waals surface area (Å²) in [6.07, 6.45) is 2.93. The first kappa shape index (κ1) is 13.3. The number of carbonyl (C=O) groups excluding carboxylic acids is 1. The summed E-state index contributed by atoms with van der Waals surface area (Å²) in [6, 6.07) is 0. The van der Waals surface area contributed by atoms with Crippen LogP contribution in [-0.2, 0) is 4.74 Å². The molecule has 16 heavy (non-hydrogen) atoms. The highest BCUT2D eigenvalue weighted by molar-refractivity contribution is 5.67. The van der Waals surface area contributed by atoms with E-state index in [1.165, 1.54) is 0 Å². The van der Waals surface area contributed by atoms with Crippen molar-refractivity contribution in [2.75, 3.05) is 13.2 Å². The first-order valence-corrected chi connectivity index (χ1v) is 6.00. The zero-order valence-electron chi connectivity index (χ0n) is 10.5.